The van der Waals surface area contributed by atoms with Crippen molar-refractivity contribution in [2.75, 3.05) is 4.90 Å². The summed E-state index contributed by atoms with van der Waals surface area (Å²) in [5, 5.41) is 5.20. The van der Waals surface area contributed by atoms with Gasteiger partial charge in [-0.2, -0.15) is 0 Å². The Kier molecular flexibility index (Phi) is 7.51. The number of rotatable bonds is 5. The number of para-hydroxylation sites is 3. The summed E-state index contributed by atoms with van der Waals surface area (Å²) in [5.41, 5.74) is 19.3. The molecule has 12 aromatic rings. The molecule has 2 aromatic heterocycles. The molecule has 10 aromatic carbocycles. The Morgan fingerprint density at radius 2 is 0.938 bits per heavy atom. The number of fused-ring (bicyclic) bond motifs is 15. The number of nitrogens with zero attached hydrogens (tertiary/aromatic N) is 2. The molecule has 2 aliphatic rings. The predicted molar refractivity (Wildman–Crippen MR) is 270 cm³/mol. The van der Waals surface area contributed by atoms with Gasteiger partial charge in [0.25, 0.3) is 0 Å². The van der Waals surface area contributed by atoms with Gasteiger partial charge in [0.2, 0.25) is 0 Å². The normalized spacial score (nSPS) is 14.6. The number of benzene rings is 10. The first kappa shape index (κ1) is 35.6. The Morgan fingerprint density at radius 1 is 0.359 bits per heavy atom. The third-order valence-corrected chi connectivity index (χ3v) is 15.2. The minimum Gasteiger partial charge on any atom is -0.310 e. The standard InChI is InChI=1S/C61H38N2S/c1-2-14-39(15-3-1)40-28-32-42(33-29-40)62(43-34-30-41(31-35-43)45-19-12-21-51-49-18-6-11-27-58(49)64-60(45)51)44-36-37-47-46-16-4-7-22-52(46)61(55(47)38-44)53-23-8-10-26-57(53)63-56-25-9-5-17-48(56)50-20-13-24-54(61)59(50)63/h1-38H. The molecule has 1 aliphatic carbocycles. The summed E-state index contributed by atoms with van der Waals surface area (Å²) in [6.07, 6.45) is 0. The van der Waals surface area contributed by atoms with E-state index < -0.39 is 5.41 Å². The van der Waals surface area contributed by atoms with E-state index in [4.69, 9.17) is 0 Å². The molecule has 0 amide bonds. The topological polar surface area (TPSA) is 8.17 Å². The van der Waals surface area contributed by atoms with Crippen LogP contribution in [0.15, 0.2) is 231 Å². The highest BCUT2D eigenvalue weighted by molar-refractivity contribution is 7.26. The molecule has 1 aliphatic heterocycles. The van der Waals surface area contributed by atoms with E-state index in [0.717, 1.165) is 17.1 Å². The van der Waals surface area contributed by atoms with Crippen molar-refractivity contribution >= 4 is 70.4 Å². The maximum Gasteiger partial charge on any atom is 0.0755 e. The van der Waals surface area contributed by atoms with Crippen LogP contribution in [0.3, 0.4) is 0 Å². The van der Waals surface area contributed by atoms with Crippen LogP contribution in [0.4, 0.5) is 17.1 Å². The fourth-order valence-electron chi connectivity index (χ4n) is 11.3. The number of hydrogen-bond donors (Lipinski definition) is 0. The van der Waals surface area contributed by atoms with Gasteiger partial charge >= 0.3 is 0 Å². The van der Waals surface area contributed by atoms with Crippen molar-refractivity contribution in [3.63, 3.8) is 0 Å². The highest BCUT2D eigenvalue weighted by Crippen LogP contribution is 2.61. The summed E-state index contributed by atoms with van der Waals surface area (Å²) >= 11 is 1.88. The van der Waals surface area contributed by atoms with E-state index >= 15 is 0 Å². The van der Waals surface area contributed by atoms with Crippen LogP contribution in [0.25, 0.3) is 81.0 Å². The molecule has 0 N–H and O–H groups in total. The van der Waals surface area contributed by atoms with Crippen LogP contribution in [0.2, 0.25) is 0 Å². The second kappa shape index (κ2) is 13.5. The number of thiophene rings is 1. The first-order valence-electron chi connectivity index (χ1n) is 22.1. The van der Waals surface area contributed by atoms with Crippen molar-refractivity contribution in [1.29, 1.82) is 0 Å². The van der Waals surface area contributed by atoms with Crippen molar-refractivity contribution in [2.45, 2.75) is 5.41 Å². The van der Waals surface area contributed by atoms with Crippen LogP contribution in [0.1, 0.15) is 22.3 Å². The van der Waals surface area contributed by atoms with E-state index in [0.29, 0.717) is 0 Å². The summed E-state index contributed by atoms with van der Waals surface area (Å²) in [6, 6.07) is 85.8. The predicted octanol–water partition coefficient (Wildman–Crippen LogP) is 16.6. The molecule has 0 fully saturated rings. The highest BCUT2D eigenvalue weighted by atomic mass is 32.1. The van der Waals surface area contributed by atoms with Gasteiger partial charge in [-0.25, -0.2) is 0 Å². The van der Waals surface area contributed by atoms with Gasteiger partial charge in [-0.05, 0) is 110 Å². The van der Waals surface area contributed by atoms with Crippen LogP contribution in [-0.2, 0) is 5.41 Å². The lowest BCUT2D eigenvalue weighted by molar-refractivity contribution is 0.748. The van der Waals surface area contributed by atoms with Gasteiger partial charge in [-0.3, -0.25) is 0 Å². The van der Waals surface area contributed by atoms with Gasteiger partial charge in [0.05, 0.1) is 22.1 Å². The van der Waals surface area contributed by atoms with E-state index in [1.54, 1.807) is 0 Å². The average Bonchev–Trinajstić information content (AvgIpc) is 4.01. The zero-order valence-corrected chi connectivity index (χ0v) is 35.6. The van der Waals surface area contributed by atoms with Crippen molar-refractivity contribution in [3.05, 3.63) is 253 Å². The van der Waals surface area contributed by atoms with Crippen LogP contribution in [0.5, 0.6) is 0 Å². The van der Waals surface area contributed by atoms with E-state index in [2.05, 4.69) is 240 Å². The lowest BCUT2D eigenvalue weighted by Crippen LogP contribution is -2.33. The maximum absolute atomic E-state index is 2.52. The SMILES string of the molecule is c1ccc(-c2ccc(N(c3ccc(-c4cccc5c4sc4ccccc45)cc3)c3ccc4c(c3)C3(c5ccccc5-4)c4ccccc4-n4c5ccccc5c5cccc3c54)cc2)cc1. The Balaban J connectivity index is 0.996. The van der Waals surface area contributed by atoms with Crippen molar-refractivity contribution < 1.29 is 0 Å². The minimum absolute atomic E-state index is 0.544. The molecule has 0 bridgehead atoms. The van der Waals surface area contributed by atoms with E-state index in [-0.39, 0.29) is 0 Å². The lowest BCUT2D eigenvalue weighted by Gasteiger charge is -2.40. The van der Waals surface area contributed by atoms with E-state index in [9.17, 15) is 0 Å². The number of aromatic nitrogens is 1. The zero-order valence-electron chi connectivity index (χ0n) is 34.7. The Hall–Kier alpha value is -7.98. The fourth-order valence-corrected chi connectivity index (χ4v) is 12.6. The summed E-state index contributed by atoms with van der Waals surface area (Å²) in [7, 11) is 0. The maximum atomic E-state index is 2.52. The first-order chi connectivity index (χ1) is 31.8. The second-order valence-electron chi connectivity index (χ2n) is 17.2. The van der Waals surface area contributed by atoms with Crippen molar-refractivity contribution in [1.82, 2.24) is 4.57 Å². The molecular formula is C61H38N2S. The van der Waals surface area contributed by atoms with Crippen molar-refractivity contribution in [2.24, 2.45) is 0 Å². The van der Waals surface area contributed by atoms with Crippen LogP contribution < -0.4 is 4.90 Å². The zero-order chi connectivity index (χ0) is 41.9. The third-order valence-electron chi connectivity index (χ3n) is 14.0. The lowest BCUT2D eigenvalue weighted by atomic mass is 9.65. The number of hydrogen-bond acceptors (Lipinski definition) is 2. The molecule has 0 saturated carbocycles. The van der Waals surface area contributed by atoms with Crippen LogP contribution in [0, 0.1) is 0 Å². The van der Waals surface area contributed by atoms with Crippen LogP contribution >= 0.6 is 11.3 Å². The Labute approximate surface area is 375 Å². The van der Waals surface area contributed by atoms with Gasteiger partial charge in [-0.1, -0.05) is 176 Å². The highest BCUT2D eigenvalue weighted by Gasteiger charge is 2.51. The summed E-state index contributed by atoms with van der Waals surface area (Å²) < 4.78 is 5.17. The van der Waals surface area contributed by atoms with E-state index in [1.165, 1.54) is 103 Å². The van der Waals surface area contributed by atoms with Gasteiger partial charge in [-0.15, -0.1) is 11.3 Å². The number of anilines is 3. The molecule has 1 atom stereocenters. The molecular weight excluding hydrogens is 793 g/mol. The molecule has 0 radical (unpaired) electrons. The second-order valence-corrected chi connectivity index (χ2v) is 18.2. The summed E-state index contributed by atoms with van der Waals surface area (Å²) in [6.45, 7) is 0. The van der Waals surface area contributed by atoms with Gasteiger partial charge in [0, 0.05) is 48.0 Å². The summed E-state index contributed by atoms with van der Waals surface area (Å²) in [4.78, 5) is 2.45. The quantitative estimate of drug-likeness (QED) is 0.168. The smallest absolute Gasteiger partial charge is 0.0755 e. The molecule has 3 heteroatoms. The van der Waals surface area contributed by atoms with Gasteiger partial charge < -0.3 is 9.47 Å². The van der Waals surface area contributed by atoms with Crippen molar-refractivity contribution in [3.8, 4) is 39.1 Å². The fraction of sp³-hybridized carbons (Fsp3) is 0.0164. The molecule has 0 saturated heterocycles. The first-order valence-corrected chi connectivity index (χ1v) is 22.9. The summed E-state index contributed by atoms with van der Waals surface area (Å²) in [5.74, 6) is 0. The molecule has 1 unspecified atom stereocenters. The van der Waals surface area contributed by atoms with E-state index in [1.807, 2.05) is 11.3 Å². The Bertz CT molecular complexity index is 3840. The molecule has 64 heavy (non-hydrogen) atoms. The molecule has 3 heterocycles. The molecule has 1 spiro atoms. The molecule has 298 valence electrons. The largest absolute Gasteiger partial charge is 0.310 e. The Morgan fingerprint density at radius 3 is 1.78 bits per heavy atom. The van der Waals surface area contributed by atoms with Gasteiger partial charge in [0.1, 0.15) is 0 Å². The van der Waals surface area contributed by atoms with Crippen LogP contribution in [-0.4, -0.2) is 4.57 Å². The molecule has 14 rings (SSSR count). The molecule has 2 nitrogen and oxygen atoms in total. The average molecular weight is 831 g/mol. The third kappa shape index (κ3) is 4.85. The minimum atomic E-state index is -0.544. The van der Waals surface area contributed by atoms with Gasteiger partial charge in [0.15, 0.2) is 0 Å². The monoisotopic (exact) mass is 830 g/mol.